The first-order valence-electron chi connectivity index (χ1n) is 5.57. The molecule has 0 aliphatic carbocycles. The monoisotopic (exact) mass is 291 g/mol. The summed E-state index contributed by atoms with van der Waals surface area (Å²) in [5.74, 6) is -8.28. The van der Waals surface area contributed by atoms with E-state index in [1.165, 1.54) is 6.92 Å². The van der Waals surface area contributed by atoms with E-state index in [0.717, 1.165) is 11.0 Å². The zero-order chi connectivity index (χ0) is 15.4. The highest BCUT2D eigenvalue weighted by molar-refractivity contribution is 5.75. The smallest absolute Gasteiger partial charge is 0.323 e. The van der Waals surface area contributed by atoms with Crippen molar-refractivity contribution in [1.29, 1.82) is 0 Å². The Bertz CT molecular complexity index is 536. The molecule has 1 aromatic rings. The average molecular weight is 291 g/mol. The number of nitrogens with zero attached hydrogens (tertiary/aromatic N) is 1. The number of aliphatic carboxylic acids is 2. The van der Waals surface area contributed by atoms with Gasteiger partial charge in [0.2, 0.25) is 0 Å². The summed E-state index contributed by atoms with van der Waals surface area (Å²) in [7, 11) is 0. The van der Waals surface area contributed by atoms with Gasteiger partial charge in [0.25, 0.3) is 0 Å². The number of hydrogen-bond acceptors (Lipinski definition) is 3. The molecule has 0 amide bonds. The Morgan fingerprint density at radius 1 is 1.20 bits per heavy atom. The van der Waals surface area contributed by atoms with Gasteiger partial charge in [-0.05, 0) is 12.1 Å². The fraction of sp³-hybridized carbons (Fsp3) is 0.333. The molecule has 8 heteroatoms. The van der Waals surface area contributed by atoms with Gasteiger partial charge in [0.1, 0.15) is 6.54 Å². The third kappa shape index (κ3) is 3.62. The molecule has 1 atom stereocenters. The van der Waals surface area contributed by atoms with Gasteiger partial charge in [-0.25, -0.2) is 13.2 Å². The number of carboxylic acid groups (broad SMARTS) is 2. The summed E-state index contributed by atoms with van der Waals surface area (Å²) in [5.41, 5.74) is -0.501. The van der Waals surface area contributed by atoms with Crippen LogP contribution in [0.2, 0.25) is 0 Å². The van der Waals surface area contributed by atoms with Gasteiger partial charge >= 0.3 is 11.9 Å². The van der Waals surface area contributed by atoms with Gasteiger partial charge in [-0.1, -0.05) is 6.92 Å². The summed E-state index contributed by atoms with van der Waals surface area (Å²) in [6, 6.07) is 1.51. The van der Waals surface area contributed by atoms with E-state index in [-0.39, 0.29) is 6.54 Å². The number of benzene rings is 1. The molecule has 1 aromatic carbocycles. The normalized spacial score (nSPS) is 12.0. The van der Waals surface area contributed by atoms with Crippen LogP contribution in [0.5, 0.6) is 0 Å². The fourth-order valence-corrected chi connectivity index (χ4v) is 1.58. The summed E-state index contributed by atoms with van der Waals surface area (Å²) in [5, 5.41) is 17.5. The maximum Gasteiger partial charge on any atom is 0.323 e. The predicted octanol–water partition coefficient (Wildman–Crippen LogP) is 1.72. The van der Waals surface area contributed by atoms with Crippen molar-refractivity contribution < 1.29 is 33.0 Å². The number of anilines is 1. The Kier molecular flexibility index (Phi) is 4.95. The number of hydrogen-bond donors (Lipinski definition) is 2. The van der Waals surface area contributed by atoms with Crippen LogP contribution in [-0.2, 0) is 9.59 Å². The molecule has 0 fully saturated rings. The van der Waals surface area contributed by atoms with Crippen molar-refractivity contribution in [1.82, 2.24) is 0 Å². The molecule has 0 aliphatic rings. The summed E-state index contributed by atoms with van der Waals surface area (Å²) < 4.78 is 39.6. The van der Waals surface area contributed by atoms with Crippen LogP contribution in [0.4, 0.5) is 18.9 Å². The maximum absolute atomic E-state index is 13.6. The minimum atomic E-state index is -1.74. The van der Waals surface area contributed by atoms with Gasteiger partial charge in [0, 0.05) is 6.54 Å². The van der Waals surface area contributed by atoms with E-state index < -0.39 is 47.5 Å². The van der Waals surface area contributed by atoms with Crippen LogP contribution < -0.4 is 4.90 Å². The lowest BCUT2D eigenvalue weighted by molar-refractivity contribution is -0.141. The highest BCUT2D eigenvalue weighted by atomic mass is 19.2. The topological polar surface area (TPSA) is 77.8 Å². The number of halogens is 3. The predicted molar refractivity (Wildman–Crippen MR) is 63.0 cm³/mol. The maximum atomic E-state index is 13.6. The Morgan fingerprint density at radius 3 is 2.30 bits per heavy atom. The number of carbonyl (C=O) groups is 2. The third-order valence-corrected chi connectivity index (χ3v) is 2.60. The van der Waals surface area contributed by atoms with Gasteiger partial charge in [-0.3, -0.25) is 9.59 Å². The molecule has 0 heterocycles. The van der Waals surface area contributed by atoms with Gasteiger partial charge < -0.3 is 15.1 Å². The molecule has 1 rings (SSSR count). The standard InChI is InChI=1S/C12H12F3NO4/c1-6(12(19)20)4-16(5-9(17)18)8-3-2-7(13)10(14)11(8)15/h2-3,6H,4-5H2,1H3,(H,17,18)(H,19,20). The summed E-state index contributed by atoms with van der Waals surface area (Å²) in [6.07, 6.45) is 0. The van der Waals surface area contributed by atoms with Crippen molar-refractivity contribution in [2.75, 3.05) is 18.0 Å². The van der Waals surface area contributed by atoms with Gasteiger partial charge in [-0.15, -0.1) is 0 Å². The molecule has 1 unspecified atom stereocenters. The molecule has 0 aliphatic heterocycles. The molecule has 0 bridgehead atoms. The summed E-state index contributed by atoms with van der Waals surface area (Å²) in [6.45, 7) is 0.193. The van der Waals surface area contributed by atoms with Crippen LogP contribution in [0.3, 0.4) is 0 Å². The van der Waals surface area contributed by atoms with Crippen molar-refractivity contribution in [2.24, 2.45) is 5.92 Å². The van der Waals surface area contributed by atoms with Crippen LogP contribution in [0.15, 0.2) is 12.1 Å². The van der Waals surface area contributed by atoms with Crippen LogP contribution in [0.25, 0.3) is 0 Å². The summed E-state index contributed by atoms with van der Waals surface area (Å²) >= 11 is 0. The zero-order valence-corrected chi connectivity index (χ0v) is 10.4. The largest absolute Gasteiger partial charge is 0.481 e. The van der Waals surface area contributed by atoms with Gasteiger partial charge in [0.15, 0.2) is 17.5 Å². The van der Waals surface area contributed by atoms with Crippen LogP contribution in [0, 0.1) is 23.4 Å². The first-order chi connectivity index (χ1) is 9.23. The van der Waals surface area contributed by atoms with Crippen molar-refractivity contribution in [2.45, 2.75) is 6.92 Å². The Labute approximate surface area is 112 Å². The molecule has 2 N–H and O–H groups in total. The van der Waals surface area contributed by atoms with Crippen LogP contribution in [-0.4, -0.2) is 35.2 Å². The molecule has 0 radical (unpaired) electrons. The fourth-order valence-electron chi connectivity index (χ4n) is 1.58. The second kappa shape index (κ2) is 6.27. The van der Waals surface area contributed by atoms with Gasteiger partial charge in [0.05, 0.1) is 11.6 Å². The van der Waals surface area contributed by atoms with E-state index >= 15 is 0 Å². The molecule has 5 nitrogen and oxygen atoms in total. The minimum Gasteiger partial charge on any atom is -0.481 e. The molecule has 20 heavy (non-hydrogen) atoms. The quantitative estimate of drug-likeness (QED) is 0.780. The van der Waals surface area contributed by atoms with Gasteiger partial charge in [-0.2, -0.15) is 0 Å². The SMILES string of the molecule is CC(CN(CC(=O)O)c1ccc(F)c(F)c1F)C(=O)O. The molecule has 0 spiro atoms. The average Bonchev–Trinajstić information content (AvgIpc) is 2.34. The zero-order valence-electron chi connectivity index (χ0n) is 10.4. The third-order valence-electron chi connectivity index (χ3n) is 2.60. The second-order valence-electron chi connectivity index (χ2n) is 4.21. The first-order valence-corrected chi connectivity index (χ1v) is 5.57. The lowest BCUT2D eigenvalue weighted by Gasteiger charge is -2.25. The van der Waals surface area contributed by atoms with E-state index in [4.69, 9.17) is 10.2 Å². The Hall–Kier alpha value is -2.25. The summed E-state index contributed by atoms with van der Waals surface area (Å²) in [4.78, 5) is 22.3. The lowest BCUT2D eigenvalue weighted by atomic mass is 10.1. The van der Waals surface area contributed by atoms with Crippen molar-refractivity contribution in [3.63, 3.8) is 0 Å². The Balaban J connectivity index is 3.14. The van der Waals surface area contributed by atoms with Crippen molar-refractivity contribution in [3.05, 3.63) is 29.6 Å². The lowest BCUT2D eigenvalue weighted by Crippen LogP contribution is -2.36. The highest BCUT2D eigenvalue weighted by Crippen LogP contribution is 2.24. The van der Waals surface area contributed by atoms with E-state index in [0.29, 0.717) is 6.07 Å². The minimum absolute atomic E-state index is 0.358. The van der Waals surface area contributed by atoms with Crippen molar-refractivity contribution >= 4 is 17.6 Å². The molecule has 0 aromatic heterocycles. The number of rotatable bonds is 6. The second-order valence-corrected chi connectivity index (χ2v) is 4.21. The molecule has 0 saturated carbocycles. The van der Waals surface area contributed by atoms with Crippen LogP contribution >= 0.6 is 0 Å². The van der Waals surface area contributed by atoms with Crippen molar-refractivity contribution in [3.8, 4) is 0 Å². The van der Waals surface area contributed by atoms with Crippen LogP contribution in [0.1, 0.15) is 6.92 Å². The molecule has 110 valence electrons. The van der Waals surface area contributed by atoms with E-state index in [2.05, 4.69) is 0 Å². The first kappa shape index (κ1) is 15.8. The molecule has 0 saturated heterocycles. The number of carboxylic acids is 2. The van der Waals surface area contributed by atoms with E-state index in [1.807, 2.05) is 0 Å². The van der Waals surface area contributed by atoms with E-state index in [1.54, 1.807) is 0 Å². The molecular formula is C12H12F3NO4. The van der Waals surface area contributed by atoms with E-state index in [9.17, 15) is 22.8 Å². The molecular weight excluding hydrogens is 279 g/mol. The highest BCUT2D eigenvalue weighted by Gasteiger charge is 2.23. The Morgan fingerprint density at radius 2 is 1.80 bits per heavy atom.